The molecule has 3 heterocycles. The van der Waals surface area contributed by atoms with E-state index in [-0.39, 0.29) is 11.8 Å². The van der Waals surface area contributed by atoms with E-state index in [1.165, 1.54) is 11.3 Å². The number of benzene rings is 1. The maximum absolute atomic E-state index is 12.7. The Bertz CT molecular complexity index is 984. The number of anilines is 2. The lowest BCUT2D eigenvalue weighted by Gasteiger charge is -2.30. The first kappa shape index (κ1) is 19.3. The SMILES string of the molecule is COc1ccc(C)cc1-c1csc(NC(=O)C2CCN(c3ncccn3)CC2)n1. The molecular formula is C21H23N5O2S. The van der Waals surface area contributed by atoms with Gasteiger partial charge in [-0.2, -0.15) is 0 Å². The number of hydrogen-bond acceptors (Lipinski definition) is 7. The molecule has 1 N–H and O–H groups in total. The molecule has 0 bridgehead atoms. The molecule has 0 spiro atoms. The Balaban J connectivity index is 1.38. The van der Waals surface area contributed by atoms with Gasteiger partial charge in [0.25, 0.3) is 0 Å². The number of hydrogen-bond donors (Lipinski definition) is 1. The fourth-order valence-corrected chi connectivity index (χ4v) is 4.19. The summed E-state index contributed by atoms with van der Waals surface area (Å²) in [6.45, 7) is 3.57. The van der Waals surface area contributed by atoms with Gasteiger partial charge in [-0.25, -0.2) is 15.0 Å². The van der Waals surface area contributed by atoms with E-state index in [9.17, 15) is 4.79 Å². The number of nitrogens with zero attached hydrogens (tertiary/aromatic N) is 4. The topological polar surface area (TPSA) is 80.2 Å². The Kier molecular flexibility index (Phi) is 5.71. The van der Waals surface area contributed by atoms with E-state index in [2.05, 4.69) is 25.2 Å². The molecule has 2 aromatic heterocycles. The van der Waals surface area contributed by atoms with E-state index in [4.69, 9.17) is 4.74 Å². The van der Waals surface area contributed by atoms with Crippen LogP contribution < -0.4 is 15.0 Å². The number of aromatic nitrogens is 3. The predicted octanol–water partition coefficient (Wildman–Crippen LogP) is 3.77. The molecule has 1 aliphatic heterocycles. The Morgan fingerprint density at radius 3 is 2.72 bits per heavy atom. The van der Waals surface area contributed by atoms with Crippen molar-refractivity contribution in [1.29, 1.82) is 0 Å². The predicted molar refractivity (Wildman–Crippen MR) is 114 cm³/mol. The van der Waals surface area contributed by atoms with Crippen LogP contribution in [0.3, 0.4) is 0 Å². The van der Waals surface area contributed by atoms with Crippen LogP contribution in [0.1, 0.15) is 18.4 Å². The molecule has 150 valence electrons. The average Bonchev–Trinajstić information content (AvgIpc) is 3.23. The number of ether oxygens (including phenoxy) is 1. The molecule has 3 aromatic rings. The van der Waals surface area contributed by atoms with Crippen LogP contribution in [0, 0.1) is 12.8 Å². The zero-order chi connectivity index (χ0) is 20.2. The van der Waals surface area contributed by atoms with Gasteiger partial charge in [0.15, 0.2) is 5.13 Å². The van der Waals surface area contributed by atoms with Crippen LogP contribution in [0.4, 0.5) is 11.1 Å². The van der Waals surface area contributed by atoms with Crippen molar-refractivity contribution in [3.05, 3.63) is 47.6 Å². The van der Waals surface area contributed by atoms with Crippen molar-refractivity contribution in [2.45, 2.75) is 19.8 Å². The lowest BCUT2D eigenvalue weighted by molar-refractivity contribution is -0.120. The Morgan fingerprint density at radius 1 is 1.24 bits per heavy atom. The molecule has 1 fully saturated rings. The van der Waals surface area contributed by atoms with Gasteiger partial charge in [0.2, 0.25) is 11.9 Å². The van der Waals surface area contributed by atoms with Crippen LogP contribution in [-0.4, -0.2) is 41.1 Å². The Labute approximate surface area is 173 Å². The normalized spacial score (nSPS) is 14.6. The monoisotopic (exact) mass is 409 g/mol. The molecule has 0 radical (unpaired) electrons. The van der Waals surface area contributed by atoms with E-state index >= 15 is 0 Å². The second-order valence-corrected chi connectivity index (χ2v) is 7.90. The van der Waals surface area contributed by atoms with E-state index in [0.29, 0.717) is 5.13 Å². The molecule has 8 heteroatoms. The number of nitrogens with one attached hydrogen (secondary N) is 1. The van der Waals surface area contributed by atoms with Gasteiger partial charge in [-0.1, -0.05) is 11.6 Å². The summed E-state index contributed by atoms with van der Waals surface area (Å²) in [7, 11) is 1.65. The minimum atomic E-state index is -0.0316. The Morgan fingerprint density at radius 2 is 2.00 bits per heavy atom. The highest BCUT2D eigenvalue weighted by atomic mass is 32.1. The summed E-state index contributed by atoms with van der Waals surface area (Å²) in [5, 5.41) is 5.55. The highest BCUT2D eigenvalue weighted by Gasteiger charge is 2.26. The van der Waals surface area contributed by atoms with E-state index in [1.54, 1.807) is 25.6 Å². The minimum Gasteiger partial charge on any atom is -0.496 e. The first-order valence-corrected chi connectivity index (χ1v) is 10.5. The molecule has 7 nitrogen and oxygen atoms in total. The van der Waals surface area contributed by atoms with Gasteiger partial charge in [-0.3, -0.25) is 4.79 Å². The van der Waals surface area contributed by atoms with Crippen molar-refractivity contribution in [2.75, 3.05) is 30.4 Å². The van der Waals surface area contributed by atoms with Crippen LogP contribution in [0.2, 0.25) is 0 Å². The van der Waals surface area contributed by atoms with Gasteiger partial charge in [0, 0.05) is 42.3 Å². The van der Waals surface area contributed by atoms with Crippen molar-refractivity contribution in [3.8, 4) is 17.0 Å². The quantitative estimate of drug-likeness (QED) is 0.691. The zero-order valence-electron chi connectivity index (χ0n) is 16.5. The van der Waals surface area contributed by atoms with Crippen LogP contribution in [0.15, 0.2) is 42.0 Å². The minimum absolute atomic E-state index is 0.0238. The number of thiazole rings is 1. The molecule has 1 amide bonds. The zero-order valence-corrected chi connectivity index (χ0v) is 17.3. The third-order valence-corrected chi connectivity index (χ3v) is 5.82. The molecule has 1 saturated heterocycles. The summed E-state index contributed by atoms with van der Waals surface area (Å²) in [4.78, 5) is 28.0. The number of methoxy groups -OCH3 is 1. The van der Waals surface area contributed by atoms with Crippen LogP contribution in [-0.2, 0) is 4.79 Å². The number of amides is 1. The summed E-state index contributed by atoms with van der Waals surface area (Å²) >= 11 is 1.43. The van der Waals surface area contributed by atoms with Gasteiger partial charge in [0.1, 0.15) is 5.75 Å². The lowest BCUT2D eigenvalue weighted by Crippen LogP contribution is -2.38. The van der Waals surface area contributed by atoms with Crippen molar-refractivity contribution < 1.29 is 9.53 Å². The molecule has 4 rings (SSSR count). The second kappa shape index (κ2) is 8.57. The molecular weight excluding hydrogens is 386 g/mol. The molecule has 0 saturated carbocycles. The summed E-state index contributed by atoms with van der Waals surface area (Å²) < 4.78 is 5.45. The van der Waals surface area contributed by atoms with Gasteiger partial charge >= 0.3 is 0 Å². The number of piperidine rings is 1. The first-order valence-electron chi connectivity index (χ1n) is 9.57. The van der Waals surface area contributed by atoms with Crippen LogP contribution in [0.5, 0.6) is 5.75 Å². The first-order chi connectivity index (χ1) is 14.1. The largest absolute Gasteiger partial charge is 0.496 e. The van der Waals surface area contributed by atoms with Crippen molar-refractivity contribution in [2.24, 2.45) is 5.92 Å². The molecule has 29 heavy (non-hydrogen) atoms. The van der Waals surface area contributed by atoms with E-state index in [0.717, 1.165) is 54.4 Å². The smallest absolute Gasteiger partial charge is 0.229 e. The summed E-state index contributed by atoms with van der Waals surface area (Å²) in [5.74, 6) is 1.49. The van der Waals surface area contributed by atoms with Gasteiger partial charge in [0.05, 0.1) is 12.8 Å². The molecule has 1 aromatic carbocycles. The lowest BCUT2D eigenvalue weighted by atomic mass is 9.96. The molecule has 0 aliphatic carbocycles. The fourth-order valence-electron chi connectivity index (χ4n) is 3.48. The Hall–Kier alpha value is -3.00. The molecule has 0 unspecified atom stereocenters. The van der Waals surface area contributed by atoms with Crippen molar-refractivity contribution in [1.82, 2.24) is 15.0 Å². The number of aryl methyl sites for hydroxylation is 1. The maximum Gasteiger partial charge on any atom is 0.229 e. The highest BCUT2D eigenvalue weighted by Crippen LogP contribution is 2.33. The number of carbonyl (C=O) groups is 1. The summed E-state index contributed by atoms with van der Waals surface area (Å²) in [5.41, 5.74) is 2.87. The van der Waals surface area contributed by atoms with Crippen molar-refractivity contribution >= 4 is 28.3 Å². The maximum atomic E-state index is 12.7. The van der Waals surface area contributed by atoms with Gasteiger partial charge in [-0.05, 0) is 38.0 Å². The fraction of sp³-hybridized carbons (Fsp3) is 0.333. The van der Waals surface area contributed by atoms with Gasteiger partial charge in [-0.15, -0.1) is 11.3 Å². The molecule has 1 aliphatic rings. The summed E-state index contributed by atoms with van der Waals surface area (Å²) in [6, 6.07) is 7.79. The van der Waals surface area contributed by atoms with E-state index in [1.807, 2.05) is 30.5 Å². The van der Waals surface area contributed by atoms with Crippen LogP contribution >= 0.6 is 11.3 Å². The standard InChI is InChI=1S/C21H23N5O2S/c1-14-4-5-18(28-2)16(12-14)17-13-29-21(24-17)25-19(27)15-6-10-26(11-7-15)20-22-8-3-9-23-20/h3-5,8-9,12-13,15H,6-7,10-11H2,1-2H3,(H,24,25,27). The third-order valence-electron chi connectivity index (χ3n) is 5.07. The number of carbonyl (C=O) groups excluding carboxylic acids is 1. The third kappa shape index (κ3) is 4.37. The summed E-state index contributed by atoms with van der Waals surface area (Å²) in [6.07, 6.45) is 5.02. The van der Waals surface area contributed by atoms with Crippen LogP contribution in [0.25, 0.3) is 11.3 Å². The van der Waals surface area contributed by atoms with Crippen molar-refractivity contribution in [3.63, 3.8) is 0 Å². The number of rotatable bonds is 5. The van der Waals surface area contributed by atoms with Gasteiger partial charge < -0.3 is 15.0 Å². The van der Waals surface area contributed by atoms with E-state index < -0.39 is 0 Å². The average molecular weight is 410 g/mol. The molecule has 0 atom stereocenters. The second-order valence-electron chi connectivity index (χ2n) is 7.04. The highest BCUT2D eigenvalue weighted by molar-refractivity contribution is 7.14.